The van der Waals surface area contributed by atoms with Crippen molar-refractivity contribution in [2.45, 2.75) is 46.1 Å². The second-order valence-electron chi connectivity index (χ2n) is 6.77. The van der Waals surface area contributed by atoms with E-state index in [-0.39, 0.29) is 25.2 Å². The van der Waals surface area contributed by atoms with Crippen molar-refractivity contribution < 1.29 is 23.8 Å². The lowest BCUT2D eigenvalue weighted by atomic mass is 9.78. The zero-order valence-corrected chi connectivity index (χ0v) is 15.8. The number of carbonyl (C=O) groups is 2. The number of para-hydroxylation sites is 2. The Morgan fingerprint density at radius 3 is 2.46 bits per heavy atom. The largest absolute Gasteiger partial charge is 0.490 e. The molecule has 1 aromatic rings. The molecule has 1 aliphatic rings. The van der Waals surface area contributed by atoms with Crippen LogP contribution in [0.3, 0.4) is 0 Å². The van der Waals surface area contributed by atoms with E-state index in [2.05, 4.69) is 19.2 Å². The molecule has 0 spiro atoms. The number of ether oxygens (including phenoxy) is 3. The van der Waals surface area contributed by atoms with Gasteiger partial charge in [-0.15, -0.1) is 0 Å². The Bertz CT molecular complexity index is 604. The minimum atomic E-state index is -0.587. The normalized spacial score (nSPS) is 22.3. The van der Waals surface area contributed by atoms with Gasteiger partial charge in [-0.2, -0.15) is 0 Å². The molecule has 1 fully saturated rings. The first kappa shape index (κ1) is 20.1. The van der Waals surface area contributed by atoms with Crippen LogP contribution in [-0.4, -0.2) is 37.7 Å². The molecule has 1 saturated carbocycles. The number of benzene rings is 1. The molecule has 1 amide bonds. The third-order valence-electron chi connectivity index (χ3n) is 4.91. The molecule has 0 saturated heterocycles. The lowest BCUT2D eigenvalue weighted by Crippen LogP contribution is -2.45. The average Bonchev–Trinajstić information content (AvgIpc) is 2.63. The maximum atomic E-state index is 12.0. The molecule has 6 heteroatoms. The number of esters is 1. The van der Waals surface area contributed by atoms with Gasteiger partial charge in [0.1, 0.15) is 0 Å². The number of hydrogen-bond donors (Lipinski definition) is 1. The van der Waals surface area contributed by atoms with E-state index in [1.54, 1.807) is 18.2 Å². The number of nitrogens with one attached hydrogen (secondary N) is 1. The molecular formula is C20H29NO5. The summed E-state index contributed by atoms with van der Waals surface area (Å²) in [7, 11) is 0. The second-order valence-corrected chi connectivity index (χ2v) is 6.77. The van der Waals surface area contributed by atoms with Gasteiger partial charge in [-0.05, 0) is 37.3 Å². The summed E-state index contributed by atoms with van der Waals surface area (Å²) in [5, 5.41) is 2.98. The fraction of sp³-hybridized carbons (Fsp3) is 0.600. The molecule has 3 atom stereocenters. The van der Waals surface area contributed by atoms with Crippen molar-refractivity contribution in [1.29, 1.82) is 0 Å². The first-order valence-corrected chi connectivity index (χ1v) is 9.30. The van der Waals surface area contributed by atoms with Gasteiger partial charge in [-0.1, -0.05) is 38.8 Å². The summed E-state index contributed by atoms with van der Waals surface area (Å²) in [5.41, 5.74) is 0. The van der Waals surface area contributed by atoms with Crippen molar-refractivity contribution >= 4 is 11.9 Å². The van der Waals surface area contributed by atoms with Crippen LogP contribution >= 0.6 is 0 Å². The number of amides is 1. The van der Waals surface area contributed by atoms with Gasteiger partial charge in [0.25, 0.3) is 5.91 Å². The van der Waals surface area contributed by atoms with Gasteiger partial charge in [-0.3, -0.25) is 4.79 Å². The Morgan fingerprint density at radius 1 is 1.08 bits per heavy atom. The maximum Gasteiger partial charge on any atom is 0.344 e. The minimum absolute atomic E-state index is 0.152. The highest BCUT2D eigenvalue weighted by molar-refractivity contribution is 5.81. The van der Waals surface area contributed by atoms with E-state index in [4.69, 9.17) is 14.2 Å². The van der Waals surface area contributed by atoms with E-state index in [0.717, 1.165) is 12.8 Å². The van der Waals surface area contributed by atoms with Crippen LogP contribution in [0.2, 0.25) is 0 Å². The number of carbonyl (C=O) groups excluding carboxylic acids is 2. The molecule has 1 aromatic carbocycles. The average molecular weight is 363 g/mol. The number of rotatable bonds is 8. The van der Waals surface area contributed by atoms with Gasteiger partial charge in [-0.25, -0.2) is 4.79 Å². The van der Waals surface area contributed by atoms with E-state index in [0.29, 0.717) is 29.9 Å². The first-order chi connectivity index (χ1) is 12.5. The van der Waals surface area contributed by atoms with Crippen LogP contribution in [0.15, 0.2) is 24.3 Å². The third-order valence-corrected chi connectivity index (χ3v) is 4.91. The molecule has 1 N–H and O–H groups in total. The van der Waals surface area contributed by atoms with Gasteiger partial charge in [0.2, 0.25) is 0 Å². The van der Waals surface area contributed by atoms with Gasteiger partial charge in [0.05, 0.1) is 6.61 Å². The van der Waals surface area contributed by atoms with Crippen molar-refractivity contribution in [3.8, 4) is 11.5 Å². The van der Waals surface area contributed by atoms with Crippen molar-refractivity contribution in [3.05, 3.63) is 24.3 Å². The van der Waals surface area contributed by atoms with Gasteiger partial charge >= 0.3 is 5.97 Å². The Kier molecular flexibility index (Phi) is 7.75. The molecule has 26 heavy (non-hydrogen) atoms. The third kappa shape index (κ3) is 5.93. The van der Waals surface area contributed by atoms with E-state index in [1.807, 2.05) is 13.0 Å². The zero-order valence-electron chi connectivity index (χ0n) is 15.8. The van der Waals surface area contributed by atoms with E-state index >= 15 is 0 Å². The maximum absolute atomic E-state index is 12.0. The highest BCUT2D eigenvalue weighted by Crippen LogP contribution is 2.29. The summed E-state index contributed by atoms with van der Waals surface area (Å²) >= 11 is 0. The predicted octanol–water partition coefficient (Wildman–Crippen LogP) is 2.95. The molecule has 0 radical (unpaired) electrons. The lowest BCUT2D eigenvalue weighted by molar-refractivity contribution is -0.150. The number of hydrogen-bond acceptors (Lipinski definition) is 5. The monoisotopic (exact) mass is 363 g/mol. The van der Waals surface area contributed by atoms with Crippen LogP contribution < -0.4 is 14.8 Å². The summed E-state index contributed by atoms with van der Waals surface area (Å²) < 4.78 is 15.9. The van der Waals surface area contributed by atoms with Crippen molar-refractivity contribution in [3.63, 3.8) is 0 Å². The van der Waals surface area contributed by atoms with Crippen LogP contribution in [-0.2, 0) is 14.3 Å². The molecule has 0 heterocycles. The molecular weight excluding hydrogens is 334 g/mol. The Balaban J connectivity index is 1.72. The topological polar surface area (TPSA) is 73.9 Å². The Morgan fingerprint density at radius 2 is 1.77 bits per heavy atom. The Labute approximate surface area is 155 Å². The summed E-state index contributed by atoms with van der Waals surface area (Å²) in [5.74, 6) is 1.22. The highest BCUT2D eigenvalue weighted by atomic mass is 16.6. The van der Waals surface area contributed by atoms with Crippen LogP contribution in [0.4, 0.5) is 0 Å². The fourth-order valence-electron chi connectivity index (χ4n) is 3.20. The lowest BCUT2D eigenvalue weighted by Gasteiger charge is -2.34. The fourth-order valence-corrected chi connectivity index (χ4v) is 3.20. The van der Waals surface area contributed by atoms with Gasteiger partial charge < -0.3 is 19.5 Å². The smallest absolute Gasteiger partial charge is 0.344 e. The minimum Gasteiger partial charge on any atom is -0.490 e. The van der Waals surface area contributed by atoms with Gasteiger partial charge in [0.15, 0.2) is 24.7 Å². The molecule has 6 nitrogen and oxygen atoms in total. The van der Waals surface area contributed by atoms with E-state index in [1.165, 1.54) is 6.42 Å². The quantitative estimate of drug-likeness (QED) is 0.719. The predicted molar refractivity (Wildman–Crippen MR) is 98.2 cm³/mol. The van der Waals surface area contributed by atoms with Crippen LogP contribution in [0.1, 0.15) is 40.0 Å². The van der Waals surface area contributed by atoms with Crippen LogP contribution in [0, 0.1) is 11.8 Å². The molecule has 1 aliphatic carbocycles. The van der Waals surface area contributed by atoms with E-state index in [9.17, 15) is 9.59 Å². The molecule has 0 unspecified atom stereocenters. The summed E-state index contributed by atoms with van der Waals surface area (Å²) in [6, 6.07) is 7.26. The van der Waals surface area contributed by atoms with Crippen LogP contribution in [0.5, 0.6) is 11.5 Å². The van der Waals surface area contributed by atoms with Crippen LogP contribution in [0.25, 0.3) is 0 Å². The highest BCUT2D eigenvalue weighted by Gasteiger charge is 2.28. The van der Waals surface area contributed by atoms with Crippen molar-refractivity contribution in [2.24, 2.45) is 11.8 Å². The summed E-state index contributed by atoms with van der Waals surface area (Å²) in [4.78, 5) is 23.9. The van der Waals surface area contributed by atoms with Crippen molar-refractivity contribution in [2.75, 3.05) is 19.8 Å². The van der Waals surface area contributed by atoms with Gasteiger partial charge in [0, 0.05) is 6.04 Å². The molecule has 2 rings (SSSR count). The Hall–Kier alpha value is -2.24. The van der Waals surface area contributed by atoms with E-state index < -0.39 is 5.97 Å². The molecule has 144 valence electrons. The summed E-state index contributed by atoms with van der Waals surface area (Å²) in [6.45, 7) is 6.19. The molecule has 0 aliphatic heterocycles. The molecule has 0 aromatic heterocycles. The first-order valence-electron chi connectivity index (χ1n) is 9.30. The zero-order chi connectivity index (χ0) is 18.9. The standard InChI is InChI=1S/C20H29NO5/c1-4-24-17-10-5-6-11-18(17)25-13-20(23)26-12-19(22)21-16-9-7-8-14(2)15(16)3/h5-6,10-11,14-16H,4,7-9,12-13H2,1-3H3,(H,21,22)/t14-,15+,16+/m0/s1. The molecule has 0 bridgehead atoms. The summed E-state index contributed by atoms with van der Waals surface area (Å²) in [6.07, 6.45) is 3.29. The second kappa shape index (κ2) is 10.0. The van der Waals surface area contributed by atoms with Crippen molar-refractivity contribution in [1.82, 2.24) is 5.32 Å². The SMILES string of the molecule is CCOc1ccccc1OCC(=O)OCC(=O)N[C@@H]1CCC[C@H](C)[C@H]1C.